The summed E-state index contributed by atoms with van der Waals surface area (Å²) < 4.78 is 1.97. The Morgan fingerprint density at radius 3 is 1.96 bits per heavy atom. The van der Waals surface area contributed by atoms with Gasteiger partial charge in [0.2, 0.25) is 0 Å². The predicted molar refractivity (Wildman–Crippen MR) is 90.2 cm³/mol. The van der Waals surface area contributed by atoms with Crippen molar-refractivity contribution >= 4 is 17.4 Å². The number of aromatic nitrogens is 1. The highest BCUT2D eigenvalue weighted by molar-refractivity contribution is 6.04. The fourth-order valence-corrected chi connectivity index (χ4v) is 2.28. The van der Waals surface area contributed by atoms with Gasteiger partial charge in [0.1, 0.15) is 0 Å². The predicted octanol–water partition coefficient (Wildman–Crippen LogP) is 3.93. The molecule has 114 valence electrons. The normalized spacial score (nSPS) is 10.3. The van der Waals surface area contributed by atoms with Gasteiger partial charge in [0.15, 0.2) is 5.78 Å². The Bertz CT molecular complexity index is 817. The molecule has 0 fully saturated rings. The number of benzene rings is 2. The third-order valence-electron chi connectivity index (χ3n) is 3.58. The van der Waals surface area contributed by atoms with Crippen LogP contribution in [0.2, 0.25) is 0 Å². The highest BCUT2D eigenvalue weighted by Gasteiger charge is 2.07. The summed E-state index contributed by atoms with van der Waals surface area (Å²) in [6.07, 6.45) is 3.90. The van der Waals surface area contributed by atoms with Gasteiger partial charge in [-0.15, -0.1) is 0 Å². The number of ketones is 1. The zero-order chi connectivity index (χ0) is 16.2. The number of hydrogen-bond donors (Lipinski definition) is 1. The lowest BCUT2D eigenvalue weighted by Gasteiger charge is -2.07. The molecule has 3 aromatic rings. The molecule has 4 heteroatoms. The van der Waals surface area contributed by atoms with Gasteiger partial charge >= 0.3 is 0 Å². The molecule has 0 aliphatic carbocycles. The molecule has 0 atom stereocenters. The summed E-state index contributed by atoms with van der Waals surface area (Å²) in [4.78, 5) is 23.5. The van der Waals surface area contributed by atoms with Crippen LogP contribution in [-0.4, -0.2) is 16.3 Å². The van der Waals surface area contributed by atoms with Gasteiger partial charge in [-0.3, -0.25) is 9.59 Å². The van der Waals surface area contributed by atoms with Crippen molar-refractivity contribution in [2.24, 2.45) is 0 Å². The third-order valence-corrected chi connectivity index (χ3v) is 3.58. The molecule has 2 aromatic carbocycles. The molecular formula is C19H16N2O2. The van der Waals surface area contributed by atoms with Crippen molar-refractivity contribution in [1.29, 1.82) is 0 Å². The largest absolute Gasteiger partial charge is 0.324 e. The Balaban J connectivity index is 1.71. The van der Waals surface area contributed by atoms with Crippen LogP contribution >= 0.6 is 0 Å². The van der Waals surface area contributed by atoms with Crippen molar-refractivity contribution in [2.45, 2.75) is 6.92 Å². The van der Waals surface area contributed by atoms with E-state index in [1.807, 2.05) is 41.2 Å². The average molecular weight is 304 g/mol. The Kier molecular flexibility index (Phi) is 4.06. The summed E-state index contributed by atoms with van der Waals surface area (Å²) in [6.45, 7) is 1.51. The van der Waals surface area contributed by atoms with Gasteiger partial charge in [0.05, 0.1) is 0 Å². The van der Waals surface area contributed by atoms with Crippen LogP contribution in [0.3, 0.4) is 0 Å². The third kappa shape index (κ3) is 3.37. The lowest BCUT2D eigenvalue weighted by atomic mass is 10.1. The smallest absolute Gasteiger partial charge is 0.255 e. The molecule has 1 heterocycles. The zero-order valence-electron chi connectivity index (χ0n) is 12.7. The second kappa shape index (κ2) is 6.32. The monoisotopic (exact) mass is 304 g/mol. The quantitative estimate of drug-likeness (QED) is 0.742. The van der Waals surface area contributed by atoms with Gasteiger partial charge in [0, 0.05) is 34.9 Å². The van der Waals surface area contributed by atoms with E-state index < -0.39 is 0 Å². The first-order valence-electron chi connectivity index (χ1n) is 7.29. The lowest BCUT2D eigenvalue weighted by Crippen LogP contribution is -2.12. The molecule has 3 rings (SSSR count). The molecule has 4 nitrogen and oxygen atoms in total. The second-order valence-corrected chi connectivity index (χ2v) is 5.22. The van der Waals surface area contributed by atoms with E-state index in [-0.39, 0.29) is 11.7 Å². The van der Waals surface area contributed by atoms with Gasteiger partial charge in [-0.25, -0.2) is 0 Å². The Labute approximate surface area is 134 Å². The summed E-state index contributed by atoms with van der Waals surface area (Å²) in [5, 5.41) is 2.82. The first-order valence-corrected chi connectivity index (χ1v) is 7.29. The van der Waals surface area contributed by atoms with E-state index in [4.69, 9.17) is 0 Å². The maximum Gasteiger partial charge on any atom is 0.255 e. The minimum absolute atomic E-state index is 0.00322. The molecule has 0 saturated carbocycles. The molecule has 23 heavy (non-hydrogen) atoms. The van der Waals surface area contributed by atoms with Gasteiger partial charge in [0.25, 0.3) is 5.91 Å². The standard InChI is InChI=1S/C19H16N2O2/c1-14(22)15-4-8-17(9-5-15)20-19(23)16-6-10-18(11-7-16)21-12-2-3-13-21/h2-13H,1H3,(H,20,23). The maximum absolute atomic E-state index is 12.2. The SMILES string of the molecule is CC(=O)c1ccc(NC(=O)c2ccc(-n3cccc3)cc2)cc1. The van der Waals surface area contributed by atoms with Crippen LogP contribution < -0.4 is 5.32 Å². The summed E-state index contributed by atoms with van der Waals surface area (Å²) in [5.74, 6) is -0.178. The van der Waals surface area contributed by atoms with Crippen molar-refractivity contribution in [3.63, 3.8) is 0 Å². The van der Waals surface area contributed by atoms with Crippen LogP contribution in [0.5, 0.6) is 0 Å². The van der Waals surface area contributed by atoms with Gasteiger partial charge < -0.3 is 9.88 Å². The summed E-state index contributed by atoms with van der Waals surface area (Å²) in [7, 11) is 0. The Morgan fingerprint density at radius 2 is 1.39 bits per heavy atom. The van der Waals surface area contributed by atoms with Crippen LogP contribution in [0.1, 0.15) is 27.6 Å². The Morgan fingerprint density at radius 1 is 0.826 bits per heavy atom. The zero-order valence-corrected chi connectivity index (χ0v) is 12.7. The Hall–Kier alpha value is -3.14. The van der Waals surface area contributed by atoms with Crippen LogP contribution in [-0.2, 0) is 0 Å². The second-order valence-electron chi connectivity index (χ2n) is 5.22. The van der Waals surface area contributed by atoms with Crippen molar-refractivity contribution in [1.82, 2.24) is 4.57 Å². The minimum Gasteiger partial charge on any atom is -0.324 e. The molecule has 0 bridgehead atoms. The van der Waals surface area contributed by atoms with E-state index in [0.717, 1.165) is 5.69 Å². The number of anilines is 1. The number of carbonyl (C=O) groups is 2. The first-order chi connectivity index (χ1) is 11.1. The van der Waals surface area contributed by atoms with Gasteiger partial charge in [-0.05, 0) is 67.6 Å². The van der Waals surface area contributed by atoms with Crippen LogP contribution in [0.15, 0.2) is 73.1 Å². The molecule has 0 radical (unpaired) electrons. The van der Waals surface area contributed by atoms with Crippen molar-refractivity contribution in [3.8, 4) is 5.69 Å². The van der Waals surface area contributed by atoms with Crippen LogP contribution in [0.25, 0.3) is 5.69 Å². The van der Waals surface area contributed by atoms with E-state index in [1.165, 1.54) is 6.92 Å². The number of amides is 1. The lowest BCUT2D eigenvalue weighted by molar-refractivity contribution is 0.101. The molecular weight excluding hydrogens is 288 g/mol. The summed E-state index contributed by atoms with van der Waals surface area (Å²) >= 11 is 0. The van der Waals surface area contributed by atoms with Gasteiger partial charge in [-0.2, -0.15) is 0 Å². The molecule has 1 aromatic heterocycles. The molecule has 1 amide bonds. The van der Waals surface area contributed by atoms with E-state index in [1.54, 1.807) is 36.4 Å². The highest BCUT2D eigenvalue weighted by Crippen LogP contribution is 2.14. The molecule has 0 spiro atoms. The fraction of sp³-hybridized carbons (Fsp3) is 0.0526. The van der Waals surface area contributed by atoms with Crippen molar-refractivity contribution in [2.75, 3.05) is 5.32 Å². The minimum atomic E-state index is -0.181. The molecule has 0 aliphatic heterocycles. The van der Waals surface area contributed by atoms with E-state index in [2.05, 4.69) is 5.32 Å². The maximum atomic E-state index is 12.2. The first kappa shape index (κ1) is 14.8. The van der Waals surface area contributed by atoms with E-state index >= 15 is 0 Å². The topological polar surface area (TPSA) is 51.1 Å². The van der Waals surface area contributed by atoms with Gasteiger partial charge in [-0.1, -0.05) is 0 Å². The number of carbonyl (C=O) groups excluding carboxylic acids is 2. The number of nitrogens with one attached hydrogen (secondary N) is 1. The van der Waals surface area contributed by atoms with Crippen LogP contribution in [0.4, 0.5) is 5.69 Å². The number of hydrogen-bond acceptors (Lipinski definition) is 2. The number of nitrogens with zero attached hydrogens (tertiary/aromatic N) is 1. The highest BCUT2D eigenvalue weighted by atomic mass is 16.1. The molecule has 0 saturated heterocycles. The fourth-order valence-electron chi connectivity index (χ4n) is 2.28. The van der Waals surface area contributed by atoms with Crippen molar-refractivity contribution < 1.29 is 9.59 Å². The van der Waals surface area contributed by atoms with Crippen LogP contribution in [0, 0.1) is 0 Å². The number of Topliss-reactive ketones (excluding diaryl/α,β-unsaturated/α-hetero) is 1. The van der Waals surface area contributed by atoms with Crippen molar-refractivity contribution in [3.05, 3.63) is 84.2 Å². The summed E-state index contributed by atoms with van der Waals surface area (Å²) in [5.41, 5.74) is 2.86. The molecule has 1 N–H and O–H groups in total. The van der Waals surface area contributed by atoms with E-state index in [9.17, 15) is 9.59 Å². The molecule has 0 unspecified atom stereocenters. The average Bonchev–Trinajstić information content (AvgIpc) is 3.10. The van der Waals surface area contributed by atoms with E-state index in [0.29, 0.717) is 16.8 Å². The number of rotatable bonds is 4. The molecule has 0 aliphatic rings. The summed E-state index contributed by atoms with van der Waals surface area (Å²) in [6, 6.07) is 18.1.